The quantitative estimate of drug-likeness (QED) is 0.581. The van der Waals surface area contributed by atoms with Gasteiger partial charge in [-0.3, -0.25) is 0 Å². The van der Waals surface area contributed by atoms with Crippen molar-refractivity contribution < 1.29 is 14.0 Å². The van der Waals surface area contributed by atoms with Gasteiger partial charge in [0.05, 0.1) is 12.6 Å². The first kappa shape index (κ1) is 13.3. The van der Waals surface area contributed by atoms with Crippen molar-refractivity contribution in [2.24, 2.45) is 0 Å². The van der Waals surface area contributed by atoms with E-state index in [2.05, 4.69) is 14.8 Å². The van der Waals surface area contributed by atoms with Crippen molar-refractivity contribution in [3.8, 4) is 0 Å². The number of hydrogen-bond acceptors (Lipinski definition) is 6. The van der Waals surface area contributed by atoms with Crippen LogP contribution in [0.15, 0.2) is 0 Å². The second-order valence-electron chi connectivity index (χ2n) is 4.66. The molecule has 2 bridgehead atoms. The zero-order valence-electron chi connectivity index (χ0n) is 9.96. The van der Waals surface area contributed by atoms with E-state index in [1.54, 1.807) is 0 Å². The average Bonchev–Trinajstić information content (AvgIpc) is 2.93. The summed E-state index contributed by atoms with van der Waals surface area (Å²) in [5.74, 6) is 2.24. The van der Waals surface area contributed by atoms with E-state index in [0.29, 0.717) is 6.61 Å². The Hall–Kier alpha value is 1.29. The van der Waals surface area contributed by atoms with Crippen LogP contribution in [0.4, 0.5) is 0 Å². The number of rotatable bonds is 3. The molecule has 17 heavy (non-hydrogen) atoms. The molecule has 0 spiro atoms. The monoisotopic (exact) mass is 310 g/mol. The van der Waals surface area contributed by atoms with Crippen LogP contribution in [0.3, 0.4) is 0 Å². The first-order valence-corrected chi connectivity index (χ1v) is 11.9. The standard InChI is InChI=1S/C9H16BO3PS3/c1-2-9-5-11-6(8(10)12-9)7(9)13-14(15)16-3-4-17-14/h6-8H,2-5,10H2,1H3/t6-,7+,8-,9+/m1/s1. The molecule has 96 valence electrons. The Morgan fingerprint density at radius 3 is 2.82 bits per heavy atom. The van der Waals surface area contributed by atoms with Crippen LogP contribution in [-0.4, -0.2) is 49.8 Å². The molecule has 3 fully saturated rings. The lowest BCUT2D eigenvalue weighted by Crippen LogP contribution is -2.40. The van der Waals surface area contributed by atoms with E-state index in [1.165, 1.54) is 0 Å². The van der Waals surface area contributed by atoms with Crippen LogP contribution >= 0.6 is 27.4 Å². The van der Waals surface area contributed by atoms with Crippen molar-refractivity contribution in [3.05, 3.63) is 0 Å². The molecule has 0 aromatic rings. The summed E-state index contributed by atoms with van der Waals surface area (Å²) in [5, 5.41) is 0. The molecule has 3 nitrogen and oxygen atoms in total. The van der Waals surface area contributed by atoms with Gasteiger partial charge in [-0.1, -0.05) is 29.7 Å². The molecule has 3 rings (SSSR count). The largest absolute Gasteiger partial charge is 0.373 e. The maximum atomic E-state index is 6.31. The Labute approximate surface area is 116 Å². The highest BCUT2D eigenvalue weighted by atomic mass is 33.2. The Kier molecular flexibility index (Phi) is 3.66. The van der Waals surface area contributed by atoms with Crippen molar-refractivity contribution in [1.29, 1.82) is 0 Å². The summed E-state index contributed by atoms with van der Waals surface area (Å²) >= 11 is 9.34. The third-order valence-corrected chi connectivity index (χ3v) is 13.4. The van der Waals surface area contributed by atoms with E-state index in [-0.39, 0.29) is 23.8 Å². The molecule has 0 amide bonds. The molecule has 0 N–H and O–H groups in total. The minimum absolute atomic E-state index is 0.0476. The zero-order valence-corrected chi connectivity index (χ0v) is 13.3. The molecule has 0 aromatic carbocycles. The molecule has 0 aliphatic carbocycles. The fraction of sp³-hybridized carbons (Fsp3) is 1.00. The van der Waals surface area contributed by atoms with Gasteiger partial charge in [0.2, 0.25) is 0 Å². The fourth-order valence-electron chi connectivity index (χ4n) is 2.70. The lowest BCUT2D eigenvalue weighted by Gasteiger charge is -2.30. The Morgan fingerprint density at radius 1 is 1.53 bits per heavy atom. The van der Waals surface area contributed by atoms with Crippen LogP contribution in [0, 0.1) is 0 Å². The third-order valence-electron chi connectivity index (χ3n) is 3.64. The van der Waals surface area contributed by atoms with Gasteiger partial charge in [0.25, 0.3) is 0 Å². The Morgan fingerprint density at radius 2 is 2.24 bits per heavy atom. The highest BCUT2D eigenvalue weighted by Gasteiger charge is 2.61. The molecule has 0 aromatic heterocycles. The van der Waals surface area contributed by atoms with Crippen molar-refractivity contribution >= 4 is 47.1 Å². The second-order valence-corrected chi connectivity index (χ2v) is 15.4. The second kappa shape index (κ2) is 4.69. The van der Waals surface area contributed by atoms with Gasteiger partial charge in [0.15, 0.2) is 4.67 Å². The van der Waals surface area contributed by atoms with Crippen molar-refractivity contribution in [2.45, 2.75) is 37.2 Å². The summed E-state index contributed by atoms with van der Waals surface area (Å²) in [6.07, 6.45) is 1.06. The minimum Gasteiger partial charge on any atom is -0.373 e. The Balaban J connectivity index is 1.80. The van der Waals surface area contributed by atoms with Crippen LogP contribution in [0.25, 0.3) is 0 Å². The average molecular weight is 310 g/mol. The third kappa shape index (κ3) is 2.16. The number of hydrogen-bond donors (Lipinski definition) is 0. The molecule has 3 aliphatic heterocycles. The Bertz CT molecular complexity index is 361. The molecule has 0 radical (unpaired) electrons. The molecule has 0 unspecified atom stereocenters. The minimum atomic E-state index is -1.73. The van der Waals surface area contributed by atoms with Gasteiger partial charge < -0.3 is 14.0 Å². The van der Waals surface area contributed by atoms with Gasteiger partial charge >= 0.3 is 0 Å². The predicted octanol–water partition coefficient (Wildman–Crippen LogP) is 1.61. The molecular weight excluding hydrogens is 294 g/mol. The van der Waals surface area contributed by atoms with Gasteiger partial charge in [-0.25, -0.2) is 0 Å². The molecule has 3 saturated heterocycles. The SMILES string of the molecule is B[C@@H]1O[C@@]2(CC)CO[C@@H]1[C@@H]2OP1(=S)SCCS1. The zero-order chi connectivity index (χ0) is 12.1. The van der Waals surface area contributed by atoms with Crippen LogP contribution in [0.5, 0.6) is 0 Å². The molecule has 0 saturated carbocycles. The van der Waals surface area contributed by atoms with Gasteiger partial charge in [0.1, 0.15) is 25.7 Å². The maximum Gasteiger partial charge on any atom is 0.175 e. The van der Waals surface area contributed by atoms with Gasteiger partial charge in [-0.15, -0.1) is 0 Å². The summed E-state index contributed by atoms with van der Waals surface area (Å²) in [6, 6.07) is 0.132. The van der Waals surface area contributed by atoms with E-state index in [1.807, 2.05) is 22.8 Å². The lowest BCUT2D eigenvalue weighted by molar-refractivity contribution is -0.117. The van der Waals surface area contributed by atoms with Crippen molar-refractivity contribution in [3.63, 3.8) is 0 Å². The predicted molar refractivity (Wildman–Crippen MR) is 80.3 cm³/mol. The van der Waals surface area contributed by atoms with Gasteiger partial charge in [0, 0.05) is 11.5 Å². The van der Waals surface area contributed by atoms with E-state index in [4.69, 9.17) is 25.8 Å². The fourth-order valence-corrected chi connectivity index (χ4v) is 12.0. The van der Waals surface area contributed by atoms with Gasteiger partial charge in [-0.05, 0) is 18.2 Å². The van der Waals surface area contributed by atoms with Crippen LogP contribution in [-0.2, 0) is 25.8 Å². The first-order valence-electron chi connectivity index (χ1n) is 5.95. The van der Waals surface area contributed by atoms with E-state index < -0.39 is 4.67 Å². The van der Waals surface area contributed by atoms with Crippen molar-refractivity contribution in [2.75, 3.05) is 18.1 Å². The maximum absolute atomic E-state index is 6.31. The highest BCUT2D eigenvalue weighted by molar-refractivity contribution is 9.00. The molecule has 8 heteroatoms. The smallest absolute Gasteiger partial charge is 0.175 e. The normalized spacial score (nSPS) is 47.7. The highest BCUT2D eigenvalue weighted by Crippen LogP contribution is 2.76. The van der Waals surface area contributed by atoms with Gasteiger partial charge in [-0.2, -0.15) is 0 Å². The van der Waals surface area contributed by atoms with Crippen LogP contribution in [0.2, 0.25) is 0 Å². The lowest BCUT2D eigenvalue weighted by atomic mass is 9.91. The van der Waals surface area contributed by atoms with E-state index >= 15 is 0 Å². The summed E-state index contributed by atoms with van der Waals surface area (Å²) in [7, 11) is 2.07. The summed E-state index contributed by atoms with van der Waals surface area (Å²) in [6.45, 7) is 2.80. The van der Waals surface area contributed by atoms with E-state index in [0.717, 1.165) is 17.9 Å². The molecule has 3 heterocycles. The molecule has 4 atom stereocenters. The summed E-state index contributed by atoms with van der Waals surface area (Å²) in [4.78, 5) is 0. The summed E-state index contributed by atoms with van der Waals surface area (Å²) < 4.78 is 16.5. The van der Waals surface area contributed by atoms with Crippen LogP contribution in [0.1, 0.15) is 13.3 Å². The van der Waals surface area contributed by atoms with E-state index in [9.17, 15) is 0 Å². The van der Waals surface area contributed by atoms with Crippen molar-refractivity contribution in [1.82, 2.24) is 0 Å². The van der Waals surface area contributed by atoms with Crippen LogP contribution < -0.4 is 0 Å². The number of ether oxygens (including phenoxy) is 2. The molecule has 3 aliphatic rings. The topological polar surface area (TPSA) is 27.7 Å². The number of fused-ring (bicyclic) bond motifs is 2. The molecular formula is C9H16BO3PS3. The first-order chi connectivity index (χ1) is 8.09. The summed E-state index contributed by atoms with van der Waals surface area (Å²) in [5.41, 5.74) is -0.237.